The van der Waals surface area contributed by atoms with Gasteiger partial charge in [0.05, 0.1) is 11.3 Å². The number of carbonyl (C=O) groups excluding carboxylic acids is 2. The van der Waals surface area contributed by atoms with Crippen LogP contribution in [0.2, 0.25) is 0 Å². The normalized spacial score (nSPS) is 10.6. The molecular weight excluding hydrogens is 362 g/mol. The lowest BCUT2D eigenvalue weighted by Gasteiger charge is -2.13. The van der Waals surface area contributed by atoms with E-state index < -0.39 is 5.91 Å². The third-order valence-corrected chi connectivity index (χ3v) is 3.49. The molecule has 0 saturated heterocycles. The zero-order valence-electron chi connectivity index (χ0n) is 12.9. The minimum Gasteiger partial charge on any atom is -0.444 e. The fourth-order valence-corrected chi connectivity index (χ4v) is 2.21. The first-order valence-electron chi connectivity index (χ1n) is 7.06. The van der Waals surface area contributed by atoms with Gasteiger partial charge in [-0.15, -0.1) is 0 Å². The molecule has 0 radical (unpaired) electrons. The molecule has 0 aliphatic carbocycles. The highest BCUT2D eigenvalue weighted by atomic mass is 79.9. The Kier molecular flexibility index (Phi) is 5.95. The Labute approximate surface area is 143 Å². The fourth-order valence-electron chi connectivity index (χ4n) is 1.90. The van der Waals surface area contributed by atoms with E-state index in [1.165, 1.54) is 0 Å². The summed E-state index contributed by atoms with van der Waals surface area (Å²) in [6, 6.07) is 10.0. The zero-order valence-corrected chi connectivity index (χ0v) is 14.5. The topological polar surface area (TPSA) is 74.6 Å². The van der Waals surface area contributed by atoms with Gasteiger partial charge in [0.15, 0.2) is 10.4 Å². The highest BCUT2D eigenvalue weighted by Gasteiger charge is 2.15. The van der Waals surface area contributed by atoms with Crippen molar-refractivity contribution in [2.24, 2.45) is 0 Å². The molecule has 1 aromatic heterocycles. The summed E-state index contributed by atoms with van der Waals surface area (Å²) in [5.74, 6) is -0.479. The molecule has 2 N–H and O–H groups in total. The molecule has 7 heteroatoms. The number of furan rings is 1. The molecule has 2 amide bonds. The minimum absolute atomic E-state index is 0.166. The smallest absolute Gasteiger partial charge is 0.291 e. The van der Waals surface area contributed by atoms with E-state index in [0.29, 0.717) is 22.5 Å². The van der Waals surface area contributed by atoms with E-state index in [4.69, 9.17) is 4.42 Å². The average molecular weight is 380 g/mol. The Morgan fingerprint density at radius 3 is 2.52 bits per heavy atom. The summed E-state index contributed by atoms with van der Waals surface area (Å²) >= 11 is 3.15. The maximum Gasteiger partial charge on any atom is 0.291 e. The molecule has 2 rings (SSSR count). The highest BCUT2D eigenvalue weighted by molar-refractivity contribution is 9.10. The Morgan fingerprint density at radius 2 is 1.87 bits per heavy atom. The van der Waals surface area contributed by atoms with Gasteiger partial charge < -0.3 is 20.0 Å². The van der Waals surface area contributed by atoms with E-state index in [1.807, 2.05) is 19.0 Å². The number of hydrogen-bond acceptors (Lipinski definition) is 4. The number of anilines is 1. The van der Waals surface area contributed by atoms with Crippen LogP contribution >= 0.6 is 15.9 Å². The van der Waals surface area contributed by atoms with Gasteiger partial charge in [-0.25, -0.2) is 0 Å². The fraction of sp³-hybridized carbons (Fsp3) is 0.250. The van der Waals surface area contributed by atoms with Crippen molar-refractivity contribution >= 4 is 33.4 Å². The van der Waals surface area contributed by atoms with Crippen molar-refractivity contribution in [3.8, 4) is 0 Å². The van der Waals surface area contributed by atoms with Crippen LogP contribution in [0.5, 0.6) is 0 Å². The third kappa shape index (κ3) is 4.94. The number of halogens is 1. The lowest BCUT2D eigenvalue weighted by Crippen LogP contribution is -2.32. The molecule has 0 spiro atoms. The maximum atomic E-state index is 12.3. The summed E-state index contributed by atoms with van der Waals surface area (Å²) in [5, 5.41) is 5.52. The Bertz CT molecular complexity index is 697. The average Bonchev–Trinajstić information content (AvgIpc) is 2.94. The molecule has 6 nitrogen and oxygen atoms in total. The van der Waals surface area contributed by atoms with E-state index in [1.54, 1.807) is 36.4 Å². The summed E-state index contributed by atoms with van der Waals surface area (Å²) < 4.78 is 5.68. The number of nitrogens with one attached hydrogen (secondary N) is 2. The molecular formula is C16H18BrN3O3. The lowest BCUT2D eigenvalue weighted by molar-refractivity contribution is 0.0952. The lowest BCUT2D eigenvalue weighted by atomic mass is 10.1. The predicted octanol–water partition coefficient (Wildman–Crippen LogP) is 2.59. The van der Waals surface area contributed by atoms with E-state index in [0.717, 1.165) is 6.54 Å². The van der Waals surface area contributed by atoms with Crippen LogP contribution in [0.4, 0.5) is 5.69 Å². The first-order chi connectivity index (χ1) is 11.0. The van der Waals surface area contributed by atoms with Crippen molar-refractivity contribution in [2.75, 3.05) is 32.5 Å². The number of hydrogen-bond donors (Lipinski definition) is 2. The summed E-state index contributed by atoms with van der Waals surface area (Å²) in [5.41, 5.74) is 0.845. The molecule has 0 aliphatic rings. The van der Waals surface area contributed by atoms with Crippen molar-refractivity contribution in [3.63, 3.8) is 0 Å². The van der Waals surface area contributed by atoms with Gasteiger partial charge in [-0.3, -0.25) is 9.59 Å². The SMILES string of the molecule is CN(C)CCNC(=O)c1ccccc1NC(=O)c1ccc(Br)o1. The Balaban J connectivity index is 2.08. The standard InChI is InChI=1S/C16H18BrN3O3/c1-20(2)10-9-18-15(21)11-5-3-4-6-12(11)19-16(22)13-7-8-14(17)23-13/h3-8H,9-10H2,1-2H3,(H,18,21)(H,19,22). The minimum atomic E-state index is -0.413. The number of para-hydroxylation sites is 1. The Morgan fingerprint density at radius 1 is 1.13 bits per heavy atom. The summed E-state index contributed by atoms with van der Waals surface area (Å²) in [6.07, 6.45) is 0. The number of likely N-dealkylation sites (N-methyl/N-ethyl adjacent to an activating group) is 1. The van der Waals surface area contributed by atoms with E-state index >= 15 is 0 Å². The van der Waals surface area contributed by atoms with Crippen molar-refractivity contribution < 1.29 is 14.0 Å². The van der Waals surface area contributed by atoms with Gasteiger partial charge in [0.2, 0.25) is 0 Å². The van der Waals surface area contributed by atoms with E-state index in [-0.39, 0.29) is 11.7 Å². The van der Waals surface area contributed by atoms with Crippen LogP contribution < -0.4 is 10.6 Å². The van der Waals surface area contributed by atoms with Gasteiger partial charge in [-0.2, -0.15) is 0 Å². The second-order valence-corrected chi connectivity index (χ2v) is 5.94. The van der Waals surface area contributed by atoms with Crippen LogP contribution in [0.3, 0.4) is 0 Å². The number of benzene rings is 1. The summed E-state index contributed by atoms with van der Waals surface area (Å²) in [4.78, 5) is 26.4. The third-order valence-electron chi connectivity index (χ3n) is 3.06. The van der Waals surface area contributed by atoms with Crippen molar-refractivity contribution in [1.29, 1.82) is 0 Å². The molecule has 0 fully saturated rings. The molecule has 0 aliphatic heterocycles. The number of amides is 2. The van der Waals surface area contributed by atoms with Gasteiger partial charge in [-0.05, 0) is 54.3 Å². The van der Waals surface area contributed by atoms with Crippen LogP contribution in [0.15, 0.2) is 45.5 Å². The molecule has 2 aromatic rings. The van der Waals surface area contributed by atoms with Crippen LogP contribution in [-0.2, 0) is 0 Å². The van der Waals surface area contributed by atoms with Crippen molar-refractivity contribution in [3.05, 3.63) is 52.4 Å². The monoisotopic (exact) mass is 379 g/mol. The van der Waals surface area contributed by atoms with Gasteiger partial charge >= 0.3 is 0 Å². The van der Waals surface area contributed by atoms with Gasteiger partial charge in [0, 0.05) is 13.1 Å². The van der Waals surface area contributed by atoms with Crippen LogP contribution in [0.25, 0.3) is 0 Å². The van der Waals surface area contributed by atoms with Gasteiger partial charge in [-0.1, -0.05) is 12.1 Å². The summed E-state index contributed by atoms with van der Waals surface area (Å²) in [6.45, 7) is 1.26. The largest absolute Gasteiger partial charge is 0.444 e. The number of carbonyl (C=O) groups is 2. The van der Waals surface area contributed by atoms with Crippen LogP contribution in [-0.4, -0.2) is 43.9 Å². The highest BCUT2D eigenvalue weighted by Crippen LogP contribution is 2.18. The molecule has 23 heavy (non-hydrogen) atoms. The maximum absolute atomic E-state index is 12.3. The number of rotatable bonds is 6. The van der Waals surface area contributed by atoms with E-state index in [9.17, 15) is 9.59 Å². The van der Waals surface area contributed by atoms with Crippen LogP contribution in [0, 0.1) is 0 Å². The molecule has 0 atom stereocenters. The van der Waals surface area contributed by atoms with Gasteiger partial charge in [0.25, 0.3) is 11.8 Å². The molecule has 1 heterocycles. The van der Waals surface area contributed by atoms with Gasteiger partial charge in [0.1, 0.15) is 0 Å². The van der Waals surface area contributed by atoms with Crippen molar-refractivity contribution in [2.45, 2.75) is 0 Å². The van der Waals surface area contributed by atoms with Crippen molar-refractivity contribution in [1.82, 2.24) is 10.2 Å². The van der Waals surface area contributed by atoms with Crippen LogP contribution in [0.1, 0.15) is 20.9 Å². The second-order valence-electron chi connectivity index (χ2n) is 5.16. The molecule has 0 unspecified atom stereocenters. The summed E-state index contributed by atoms with van der Waals surface area (Å²) in [7, 11) is 3.86. The number of nitrogens with zero attached hydrogens (tertiary/aromatic N) is 1. The molecule has 1 aromatic carbocycles. The quantitative estimate of drug-likeness (QED) is 0.808. The molecule has 122 valence electrons. The van der Waals surface area contributed by atoms with E-state index in [2.05, 4.69) is 26.6 Å². The zero-order chi connectivity index (χ0) is 16.8. The second kappa shape index (κ2) is 7.94. The Hall–Kier alpha value is -2.12. The first kappa shape index (κ1) is 17.2. The first-order valence-corrected chi connectivity index (χ1v) is 7.85. The molecule has 0 saturated carbocycles. The molecule has 0 bridgehead atoms. The predicted molar refractivity (Wildman–Crippen MR) is 91.7 cm³/mol.